The average molecular weight is 371 g/mol. The summed E-state index contributed by atoms with van der Waals surface area (Å²) in [6.45, 7) is 0. The Bertz CT molecular complexity index is 654. The molecule has 0 radical (unpaired) electrons. The molecule has 0 spiro atoms. The third-order valence-corrected chi connectivity index (χ3v) is 4.02. The molecule has 0 aromatic heterocycles. The van der Waals surface area contributed by atoms with E-state index < -0.39 is 0 Å². The van der Waals surface area contributed by atoms with Gasteiger partial charge in [-0.3, -0.25) is 4.79 Å². The van der Waals surface area contributed by atoms with E-state index in [-0.39, 0.29) is 5.91 Å². The fourth-order valence-corrected chi connectivity index (χ4v) is 2.14. The summed E-state index contributed by atoms with van der Waals surface area (Å²) in [6, 6.07) is 10.2. The van der Waals surface area contributed by atoms with Gasteiger partial charge in [-0.05, 0) is 46.3 Å². The number of nitrogens with one attached hydrogen (secondary N) is 1. The van der Waals surface area contributed by atoms with Crippen molar-refractivity contribution in [2.24, 2.45) is 0 Å². The second-order valence-corrected chi connectivity index (χ2v) is 5.45. The molecular weight excluding hydrogens is 358 g/mol. The summed E-state index contributed by atoms with van der Waals surface area (Å²) in [6.07, 6.45) is 0. The van der Waals surface area contributed by atoms with Crippen LogP contribution >= 0.6 is 27.5 Å². The third-order valence-electron chi connectivity index (χ3n) is 2.79. The highest BCUT2D eigenvalue weighted by molar-refractivity contribution is 9.10. The zero-order chi connectivity index (χ0) is 15.4. The lowest BCUT2D eigenvalue weighted by Gasteiger charge is -2.10. The predicted molar refractivity (Wildman–Crippen MR) is 86.7 cm³/mol. The Morgan fingerprint density at radius 3 is 2.24 bits per heavy atom. The summed E-state index contributed by atoms with van der Waals surface area (Å²) in [5.41, 5.74) is 1.04. The molecule has 0 bridgehead atoms. The van der Waals surface area contributed by atoms with Crippen molar-refractivity contribution in [1.29, 1.82) is 0 Å². The van der Waals surface area contributed by atoms with Gasteiger partial charge >= 0.3 is 0 Å². The van der Waals surface area contributed by atoms with Crippen molar-refractivity contribution < 1.29 is 14.3 Å². The highest BCUT2D eigenvalue weighted by Gasteiger charge is 2.11. The van der Waals surface area contributed by atoms with Crippen molar-refractivity contribution in [2.75, 3.05) is 19.5 Å². The van der Waals surface area contributed by atoms with Gasteiger partial charge in [0.25, 0.3) is 5.91 Å². The first-order valence-corrected chi connectivity index (χ1v) is 7.20. The summed E-state index contributed by atoms with van der Waals surface area (Å²) < 4.78 is 11.1. The molecule has 1 N–H and O–H groups in total. The van der Waals surface area contributed by atoms with Crippen LogP contribution in [0.1, 0.15) is 10.4 Å². The van der Waals surface area contributed by atoms with Gasteiger partial charge in [0, 0.05) is 21.8 Å². The molecule has 0 atom stereocenters. The topological polar surface area (TPSA) is 47.6 Å². The molecule has 2 rings (SSSR count). The predicted octanol–water partition coefficient (Wildman–Crippen LogP) is 4.37. The van der Waals surface area contributed by atoms with Crippen LogP contribution in [0.2, 0.25) is 5.02 Å². The van der Waals surface area contributed by atoms with Crippen LogP contribution in [0.3, 0.4) is 0 Å². The molecule has 2 aromatic carbocycles. The van der Waals surface area contributed by atoms with Gasteiger partial charge in [0.1, 0.15) is 11.5 Å². The normalized spacial score (nSPS) is 10.1. The van der Waals surface area contributed by atoms with Crippen molar-refractivity contribution >= 4 is 39.1 Å². The number of rotatable bonds is 4. The van der Waals surface area contributed by atoms with Gasteiger partial charge < -0.3 is 14.8 Å². The third kappa shape index (κ3) is 3.89. The standard InChI is InChI=1S/C15H13BrClNO3/c1-20-11-5-9(6-12(8-11)21-2)15(19)18-10-3-4-13(16)14(17)7-10/h3-8H,1-2H3,(H,18,19). The van der Waals surface area contributed by atoms with Crippen molar-refractivity contribution in [3.63, 3.8) is 0 Å². The van der Waals surface area contributed by atoms with Gasteiger partial charge in [-0.25, -0.2) is 0 Å². The fourth-order valence-electron chi connectivity index (χ4n) is 1.72. The average Bonchev–Trinajstić information content (AvgIpc) is 2.50. The molecule has 0 aliphatic carbocycles. The number of anilines is 1. The zero-order valence-electron chi connectivity index (χ0n) is 11.4. The fraction of sp³-hybridized carbons (Fsp3) is 0.133. The molecule has 0 saturated carbocycles. The maximum atomic E-state index is 12.3. The SMILES string of the molecule is COc1cc(OC)cc(C(=O)Nc2ccc(Br)c(Cl)c2)c1. The van der Waals surface area contributed by atoms with Crippen LogP contribution in [-0.4, -0.2) is 20.1 Å². The minimum absolute atomic E-state index is 0.273. The molecule has 0 unspecified atom stereocenters. The Morgan fingerprint density at radius 2 is 1.71 bits per heavy atom. The van der Waals surface area contributed by atoms with E-state index >= 15 is 0 Å². The first kappa shape index (κ1) is 15.7. The van der Waals surface area contributed by atoms with Crippen LogP contribution in [0.5, 0.6) is 11.5 Å². The molecular formula is C15H13BrClNO3. The smallest absolute Gasteiger partial charge is 0.255 e. The van der Waals surface area contributed by atoms with E-state index in [0.29, 0.717) is 27.8 Å². The van der Waals surface area contributed by atoms with E-state index in [1.165, 1.54) is 14.2 Å². The summed E-state index contributed by atoms with van der Waals surface area (Å²) in [5.74, 6) is 0.826. The first-order chi connectivity index (χ1) is 10.0. The molecule has 4 nitrogen and oxygen atoms in total. The lowest BCUT2D eigenvalue weighted by molar-refractivity contribution is 0.102. The lowest BCUT2D eigenvalue weighted by atomic mass is 10.2. The number of ether oxygens (including phenoxy) is 2. The van der Waals surface area contributed by atoms with E-state index in [4.69, 9.17) is 21.1 Å². The molecule has 21 heavy (non-hydrogen) atoms. The summed E-state index contributed by atoms with van der Waals surface area (Å²) in [7, 11) is 3.07. The second kappa shape index (κ2) is 6.83. The highest BCUT2D eigenvalue weighted by atomic mass is 79.9. The molecule has 0 aliphatic heterocycles. The number of amides is 1. The molecule has 2 aromatic rings. The number of hydrogen-bond acceptors (Lipinski definition) is 3. The van der Waals surface area contributed by atoms with Gasteiger partial charge in [-0.2, -0.15) is 0 Å². The Hall–Kier alpha value is -1.72. The van der Waals surface area contributed by atoms with Crippen molar-refractivity contribution in [1.82, 2.24) is 0 Å². The van der Waals surface area contributed by atoms with Crippen LogP contribution in [-0.2, 0) is 0 Å². The molecule has 1 amide bonds. The van der Waals surface area contributed by atoms with E-state index in [2.05, 4.69) is 21.2 Å². The number of hydrogen-bond donors (Lipinski definition) is 1. The lowest BCUT2D eigenvalue weighted by Crippen LogP contribution is -2.12. The van der Waals surface area contributed by atoms with Gasteiger partial charge in [-0.1, -0.05) is 11.6 Å². The molecule has 0 fully saturated rings. The number of carbonyl (C=O) groups excluding carboxylic acids is 1. The summed E-state index contributed by atoms with van der Waals surface area (Å²) >= 11 is 9.30. The van der Waals surface area contributed by atoms with Crippen LogP contribution < -0.4 is 14.8 Å². The summed E-state index contributed by atoms with van der Waals surface area (Å²) in [5, 5.41) is 3.30. The minimum atomic E-state index is -0.273. The maximum Gasteiger partial charge on any atom is 0.255 e. The molecule has 110 valence electrons. The van der Waals surface area contributed by atoms with Gasteiger partial charge in [0.2, 0.25) is 0 Å². The summed E-state index contributed by atoms with van der Waals surface area (Å²) in [4.78, 5) is 12.3. The monoisotopic (exact) mass is 369 g/mol. The van der Waals surface area contributed by atoms with E-state index in [1.54, 1.807) is 36.4 Å². The van der Waals surface area contributed by atoms with Crippen molar-refractivity contribution in [3.05, 3.63) is 51.5 Å². The number of carbonyl (C=O) groups is 1. The van der Waals surface area contributed by atoms with Crippen molar-refractivity contribution in [3.8, 4) is 11.5 Å². The highest BCUT2D eigenvalue weighted by Crippen LogP contribution is 2.27. The van der Waals surface area contributed by atoms with Crippen molar-refractivity contribution in [2.45, 2.75) is 0 Å². The first-order valence-electron chi connectivity index (χ1n) is 6.03. The maximum absolute atomic E-state index is 12.3. The number of methoxy groups -OCH3 is 2. The Kier molecular flexibility index (Phi) is 5.09. The van der Waals surface area contributed by atoms with Gasteiger partial charge in [0.15, 0.2) is 0 Å². The van der Waals surface area contributed by atoms with E-state index in [1.807, 2.05) is 0 Å². The van der Waals surface area contributed by atoms with Crippen LogP contribution in [0.4, 0.5) is 5.69 Å². The number of halogens is 2. The van der Waals surface area contributed by atoms with Gasteiger partial charge in [0.05, 0.1) is 19.2 Å². The zero-order valence-corrected chi connectivity index (χ0v) is 13.8. The van der Waals surface area contributed by atoms with Crippen LogP contribution in [0.15, 0.2) is 40.9 Å². The van der Waals surface area contributed by atoms with E-state index in [9.17, 15) is 4.79 Å². The molecule has 0 heterocycles. The minimum Gasteiger partial charge on any atom is -0.497 e. The second-order valence-electron chi connectivity index (χ2n) is 4.18. The van der Waals surface area contributed by atoms with Gasteiger partial charge in [-0.15, -0.1) is 0 Å². The quantitative estimate of drug-likeness (QED) is 0.869. The Labute approximate surface area is 136 Å². The molecule has 6 heteroatoms. The molecule has 0 saturated heterocycles. The van der Waals surface area contributed by atoms with Crippen LogP contribution in [0, 0.1) is 0 Å². The number of benzene rings is 2. The van der Waals surface area contributed by atoms with Crippen LogP contribution in [0.25, 0.3) is 0 Å². The van der Waals surface area contributed by atoms with E-state index in [0.717, 1.165) is 4.47 Å². The molecule has 0 aliphatic rings. The Balaban J connectivity index is 2.25. The Morgan fingerprint density at radius 1 is 1.10 bits per heavy atom. The largest absolute Gasteiger partial charge is 0.497 e.